The van der Waals surface area contributed by atoms with Crippen LogP contribution in [0.1, 0.15) is 24.0 Å². The summed E-state index contributed by atoms with van der Waals surface area (Å²) in [6.45, 7) is 1.77. The lowest BCUT2D eigenvalue weighted by molar-refractivity contribution is -0.129. The number of thiocarbonyl (C=S) groups is 1. The predicted octanol–water partition coefficient (Wildman–Crippen LogP) is 1.09. The first kappa shape index (κ1) is 14.9. The molecule has 108 valence electrons. The Morgan fingerprint density at radius 2 is 2.10 bits per heavy atom. The Kier molecular flexibility index (Phi) is 5.09. The van der Waals surface area contributed by atoms with Crippen LogP contribution in [0.2, 0.25) is 0 Å². The summed E-state index contributed by atoms with van der Waals surface area (Å²) >= 11 is 4.90. The molecule has 0 saturated carbocycles. The van der Waals surface area contributed by atoms with Crippen LogP contribution < -0.4 is 5.73 Å². The van der Waals surface area contributed by atoms with Crippen molar-refractivity contribution in [1.82, 2.24) is 4.90 Å². The van der Waals surface area contributed by atoms with Gasteiger partial charge in [-0.25, -0.2) is 0 Å². The smallest absolute Gasteiger partial charge is 0.226 e. The highest BCUT2D eigenvalue weighted by molar-refractivity contribution is 7.80. The van der Waals surface area contributed by atoms with E-state index < -0.39 is 0 Å². The van der Waals surface area contributed by atoms with Crippen molar-refractivity contribution in [3.8, 4) is 0 Å². The molecule has 1 saturated heterocycles. The number of amides is 1. The van der Waals surface area contributed by atoms with Gasteiger partial charge in [0, 0.05) is 25.3 Å². The molecule has 5 heteroatoms. The minimum absolute atomic E-state index is 0.147. The van der Waals surface area contributed by atoms with E-state index in [2.05, 4.69) is 0 Å². The van der Waals surface area contributed by atoms with Crippen molar-refractivity contribution in [1.29, 1.82) is 0 Å². The second kappa shape index (κ2) is 6.81. The minimum Gasteiger partial charge on any atom is -0.396 e. The quantitative estimate of drug-likeness (QED) is 0.797. The molecule has 0 radical (unpaired) electrons. The van der Waals surface area contributed by atoms with Crippen LogP contribution >= 0.6 is 12.2 Å². The van der Waals surface area contributed by atoms with Crippen LogP contribution in [-0.4, -0.2) is 40.6 Å². The lowest BCUT2D eigenvalue weighted by atomic mass is 10.1. The number of likely N-dealkylation sites (tertiary alicyclic amines) is 1. The summed E-state index contributed by atoms with van der Waals surface area (Å²) in [4.78, 5) is 14.5. The highest BCUT2D eigenvalue weighted by Crippen LogP contribution is 2.20. The second-order valence-corrected chi connectivity index (χ2v) is 5.68. The Labute approximate surface area is 124 Å². The van der Waals surface area contributed by atoms with E-state index in [1.807, 2.05) is 29.2 Å². The zero-order valence-corrected chi connectivity index (χ0v) is 12.2. The van der Waals surface area contributed by atoms with Crippen molar-refractivity contribution in [2.24, 2.45) is 11.7 Å². The molecular weight excluding hydrogens is 272 g/mol. The van der Waals surface area contributed by atoms with Crippen molar-refractivity contribution in [2.75, 3.05) is 19.7 Å². The Hall–Kier alpha value is -1.46. The molecule has 3 N–H and O–H groups in total. The molecular formula is C15H20N2O2S. The number of carbonyl (C=O) groups is 1. The van der Waals surface area contributed by atoms with E-state index >= 15 is 0 Å². The van der Waals surface area contributed by atoms with E-state index in [4.69, 9.17) is 23.1 Å². The predicted molar refractivity (Wildman–Crippen MR) is 82.4 cm³/mol. The number of nitrogens with two attached hydrogens (primary N) is 1. The summed E-state index contributed by atoms with van der Waals surface area (Å²) in [6.07, 6.45) is 2.18. The number of aliphatic hydroxyl groups is 1. The third-order valence-electron chi connectivity index (χ3n) is 3.77. The van der Waals surface area contributed by atoms with Crippen LogP contribution in [0.5, 0.6) is 0 Å². The van der Waals surface area contributed by atoms with Gasteiger partial charge in [-0.05, 0) is 24.3 Å². The van der Waals surface area contributed by atoms with E-state index in [1.54, 1.807) is 0 Å². The molecule has 1 aromatic rings. The molecule has 1 atom stereocenters. The molecule has 4 nitrogen and oxygen atoms in total. The first-order valence-electron chi connectivity index (χ1n) is 6.87. The summed E-state index contributed by atoms with van der Waals surface area (Å²) in [5.74, 6) is 0.592. The molecule has 1 aliphatic heterocycles. The van der Waals surface area contributed by atoms with E-state index in [9.17, 15) is 4.79 Å². The van der Waals surface area contributed by atoms with Crippen molar-refractivity contribution < 1.29 is 9.90 Å². The molecule has 0 aromatic heterocycles. The van der Waals surface area contributed by atoms with Gasteiger partial charge in [-0.15, -0.1) is 0 Å². The number of hydrogen-bond acceptors (Lipinski definition) is 3. The Morgan fingerprint density at radius 1 is 1.40 bits per heavy atom. The van der Waals surface area contributed by atoms with Crippen molar-refractivity contribution in [3.05, 3.63) is 35.4 Å². The molecule has 0 bridgehead atoms. The van der Waals surface area contributed by atoms with Crippen molar-refractivity contribution in [3.63, 3.8) is 0 Å². The van der Waals surface area contributed by atoms with Crippen LogP contribution in [0.25, 0.3) is 0 Å². The number of nitrogens with zero attached hydrogens (tertiary/aromatic N) is 1. The molecule has 0 aliphatic carbocycles. The number of hydrogen-bond donors (Lipinski definition) is 2. The van der Waals surface area contributed by atoms with Gasteiger partial charge in [-0.1, -0.05) is 36.5 Å². The molecule has 1 heterocycles. The average molecular weight is 292 g/mol. The van der Waals surface area contributed by atoms with Gasteiger partial charge in [0.2, 0.25) is 5.91 Å². The highest BCUT2D eigenvalue weighted by Gasteiger charge is 2.25. The summed E-state index contributed by atoms with van der Waals surface area (Å²) in [6, 6.07) is 7.49. The van der Waals surface area contributed by atoms with Crippen LogP contribution in [0.15, 0.2) is 24.3 Å². The van der Waals surface area contributed by atoms with E-state index in [1.165, 1.54) is 0 Å². The maximum absolute atomic E-state index is 12.2. The van der Waals surface area contributed by atoms with Crippen LogP contribution in [0.3, 0.4) is 0 Å². The molecule has 1 unspecified atom stereocenters. The number of rotatable bonds is 5. The molecule has 2 rings (SSSR count). The van der Waals surface area contributed by atoms with Gasteiger partial charge in [0.05, 0.1) is 6.42 Å². The summed E-state index contributed by atoms with van der Waals surface area (Å²) in [5, 5.41) is 8.93. The number of benzene rings is 1. The zero-order valence-electron chi connectivity index (χ0n) is 11.4. The maximum atomic E-state index is 12.2. The lowest BCUT2D eigenvalue weighted by Gasteiger charge is -2.16. The molecule has 1 aliphatic rings. The largest absolute Gasteiger partial charge is 0.396 e. The fourth-order valence-electron chi connectivity index (χ4n) is 2.55. The average Bonchev–Trinajstić information content (AvgIpc) is 2.88. The number of aliphatic hydroxyl groups excluding tert-OH is 1. The number of carbonyl (C=O) groups excluding carboxylic acids is 1. The van der Waals surface area contributed by atoms with Gasteiger partial charge in [0.25, 0.3) is 0 Å². The minimum atomic E-state index is 0.147. The molecule has 1 amide bonds. The summed E-state index contributed by atoms with van der Waals surface area (Å²) in [7, 11) is 0. The van der Waals surface area contributed by atoms with E-state index in [0.29, 0.717) is 17.3 Å². The van der Waals surface area contributed by atoms with Gasteiger partial charge in [0.1, 0.15) is 4.99 Å². The summed E-state index contributed by atoms with van der Waals surface area (Å²) < 4.78 is 0. The standard InChI is InChI=1S/C15H20N2O2S/c16-15(20)13-3-1-11(2-4-13)9-14(19)17-7-5-12(10-17)6-8-18/h1-4,12,18H,5-10H2,(H2,16,20). The third-order valence-corrected chi connectivity index (χ3v) is 4.01. The van der Waals surface area contributed by atoms with Crippen LogP contribution in [0.4, 0.5) is 0 Å². The molecule has 0 spiro atoms. The van der Waals surface area contributed by atoms with Crippen molar-refractivity contribution >= 4 is 23.1 Å². The Balaban J connectivity index is 1.90. The Bertz CT molecular complexity index is 487. The fraction of sp³-hybridized carbons (Fsp3) is 0.467. The van der Waals surface area contributed by atoms with Crippen LogP contribution in [0, 0.1) is 5.92 Å². The first-order valence-corrected chi connectivity index (χ1v) is 7.28. The first-order chi connectivity index (χ1) is 9.60. The molecule has 1 aromatic carbocycles. The topological polar surface area (TPSA) is 66.6 Å². The van der Waals surface area contributed by atoms with Crippen molar-refractivity contribution in [2.45, 2.75) is 19.3 Å². The normalized spacial score (nSPS) is 18.2. The van der Waals surface area contributed by atoms with Gasteiger partial charge < -0.3 is 15.7 Å². The molecule has 1 fully saturated rings. The fourth-order valence-corrected chi connectivity index (χ4v) is 2.69. The third kappa shape index (κ3) is 3.77. The van der Waals surface area contributed by atoms with Gasteiger partial charge >= 0.3 is 0 Å². The van der Waals surface area contributed by atoms with Gasteiger partial charge in [-0.2, -0.15) is 0 Å². The Morgan fingerprint density at radius 3 is 2.70 bits per heavy atom. The highest BCUT2D eigenvalue weighted by atomic mass is 32.1. The SMILES string of the molecule is NC(=S)c1ccc(CC(=O)N2CCC(CCO)C2)cc1. The summed E-state index contributed by atoms with van der Waals surface area (Å²) in [5.41, 5.74) is 7.34. The van der Waals surface area contributed by atoms with Gasteiger partial charge in [-0.3, -0.25) is 4.79 Å². The van der Waals surface area contributed by atoms with Crippen LogP contribution in [-0.2, 0) is 11.2 Å². The van der Waals surface area contributed by atoms with Gasteiger partial charge in [0.15, 0.2) is 0 Å². The lowest BCUT2D eigenvalue weighted by Crippen LogP contribution is -2.30. The molecule has 20 heavy (non-hydrogen) atoms. The second-order valence-electron chi connectivity index (χ2n) is 5.24. The van der Waals surface area contributed by atoms with E-state index in [0.717, 1.165) is 37.1 Å². The van der Waals surface area contributed by atoms with E-state index in [-0.39, 0.29) is 12.5 Å². The monoisotopic (exact) mass is 292 g/mol. The maximum Gasteiger partial charge on any atom is 0.226 e. The zero-order chi connectivity index (χ0) is 14.5.